The van der Waals surface area contributed by atoms with Gasteiger partial charge in [0, 0.05) is 12.6 Å². The van der Waals surface area contributed by atoms with E-state index in [1.807, 2.05) is 0 Å². The van der Waals surface area contributed by atoms with E-state index in [9.17, 15) is 9.59 Å². The van der Waals surface area contributed by atoms with Crippen LogP contribution in [0.15, 0.2) is 25.3 Å². The summed E-state index contributed by atoms with van der Waals surface area (Å²) >= 11 is 0. The van der Waals surface area contributed by atoms with Gasteiger partial charge in [-0.3, -0.25) is 9.59 Å². The summed E-state index contributed by atoms with van der Waals surface area (Å²) in [7, 11) is 0. The van der Waals surface area contributed by atoms with Crippen molar-refractivity contribution in [1.82, 2.24) is 10.6 Å². The van der Waals surface area contributed by atoms with E-state index in [4.69, 9.17) is 9.47 Å². The molecule has 0 bridgehead atoms. The molecule has 1 aliphatic carbocycles. The first kappa shape index (κ1) is 20.4. The molecule has 0 unspecified atom stereocenters. The maximum Gasteiger partial charge on any atom is 0.249 e. The van der Waals surface area contributed by atoms with Crippen molar-refractivity contribution in [2.24, 2.45) is 5.92 Å². The normalized spacial score (nSPS) is 22.4. The average Bonchev–Trinajstić information content (AvgIpc) is 3.02. The SMILES string of the molecule is C=CCO[C@H](C)C(=O)NC[C@@H]1CCC[C@@H]1NC(=O)[C@@H](C)OCC=C. The van der Waals surface area contributed by atoms with Gasteiger partial charge in [-0.1, -0.05) is 18.6 Å². The van der Waals surface area contributed by atoms with E-state index in [0.29, 0.717) is 19.8 Å². The van der Waals surface area contributed by atoms with Gasteiger partial charge in [-0.25, -0.2) is 0 Å². The van der Waals surface area contributed by atoms with Crippen LogP contribution in [-0.4, -0.2) is 49.8 Å². The minimum absolute atomic E-state index is 0.0666. The van der Waals surface area contributed by atoms with Crippen LogP contribution in [0.25, 0.3) is 0 Å². The molecule has 6 nitrogen and oxygen atoms in total. The molecule has 2 N–H and O–H groups in total. The highest BCUT2D eigenvalue weighted by Gasteiger charge is 2.30. The highest BCUT2D eigenvalue weighted by molar-refractivity contribution is 5.81. The van der Waals surface area contributed by atoms with Crippen molar-refractivity contribution in [2.75, 3.05) is 19.8 Å². The Bertz CT molecular complexity index is 439. The molecule has 0 aromatic heterocycles. The number of rotatable bonds is 11. The van der Waals surface area contributed by atoms with Gasteiger partial charge in [0.25, 0.3) is 0 Å². The van der Waals surface area contributed by atoms with Gasteiger partial charge < -0.3 is 20.1 Å². The summed E-state index contributed by atoms with van der Waals surface area (Å²) in [6.07, 6.45) is 5.15. The smallest absolute Gasteiger partial charge is 0.249 e. The summed E-state index contributed by atoms with van der Waals surface area (Å²) in [5, 5.41) is 5.94. The Balaban J connectivity index is 2.39. The topological polar surface area (TPSA) is 76.7 Å². The van der Waals surface area contributed by atoms with Crippen LogP contribution in [0.3, 0.4) is 0 Å². The van der Waals surface area contributed by atoms with Crippen molar-refractivity contribution < 1.29 is 19.1 Å². The second-order valence-corrected chi connectivity index (χ2v) is 6.08. The summed E-state index contributed by atoms with van der Waals surface area (Å²) < 4.78 is 10.6. The Kier molecular flexibility index (Phi) is 9.34. The highest BCUT2D eigenvalue weighted by atomic mass is 16.5. The van der Waals surface area contributed by atoms with Crippen molar-refractivity contribution in [3.63, 3.8) is 0 Å². The largest absolute Gasteiger partial charge is 0.365 e. The standard InChI is InChI=1S/C18H30N2O4/c1-5-10-23-13(3)17(21)19-12-15-8-7-9-16(15)20-18(22)14(4)24-11-6-2/h5-6,13-16H,1-2,7-12H2,3-4H3,(H,19,21)(H,20,22)/t13-,14-,15+,16+/m1/s1. The summed E-state index contributed by atoms with van der Waals surface area (Å²) in [5.74, 6) is -0.0321. The molecule has 0 aliphatic heterocycles. The van der Waals surface area contributed by atoms with Crippen molar-refractivity contribution >= 4 is 11.8 Å². The maximum absolute atomic E-state index is 12.1. The van der Waals surface area contributed by atoms with Gasteiger partial charge in [-0.2, -0.15) is 0 Å². The molecule has 0 spiro atoms. The molecular weight excluding hydrogens is 308 g/mol. The molecule has 1 saturated carbocycles. The minimum Gasteiger partial charge on any atom is -0.365 e. The van der Waals surface area contributed by atoms with Crippen LogP contribution in [0.2, 0.25) is 0 Å². The molecule has 1 fully saturated rings. The number of nitrogens with one attached hydrogen (secondary N) is 2. The van der Waals surface area contributed by atoms with Crippen molar-refractivity contribution in [1.29, 1.82) is 0 Å². The van der Waals surface area contributed by atoms with Crippen LogP contribution in [0.1, 0.15) is 33.1 Å². The van der Waals surface area contributed by atoms with E-state index in [0.717, 1.165) is 19.3 Å². The van der Waals surface area contributed by atoms with E-state index in [1.54, 1.807) is 26.0 Å². The zero-order valence-electron chi connectivity index (χ0n) is 14.8. The van der Waals surface area contributed by atoms with Crippen molar-refractivity contribution in [3.05, 3.63) is 25.3 Å². The molecule has 136 valence electrons. The molecule has 0 saturated heterocycles. The predicted molar refractivity (Wildman–Crippen MR) is 93.5 cm³/mol. The van der Waals surface area contributed by atoms with E-state index in [1.165, 1.54) is 0 Å². The van der Waals surface area contributed by atoms with Gasteiger partial charge in [-0.05, 0) is 32.6 Å². The van der Waals surface area contributed by atoms with E-state index < -0.39 is 12.2 Å². The predicted octanol–water partition coefficient (Wildman–Crippen LogP) is 1.57. The monoisotopic (exact) mass is 338 g/mol. The van der Waals surface area contributed by atoms with E-state index >= 15 is 0 Å². The number of hydrogen-bond acceptors (Lipinski definition) is 4. The number of hydrogen-bond donors (Lipinski definition) is 2. The Labute approximate surface area is 144 Å². The lowest BCUT2D eigenvalue weighted by molar-refractivity contribution is -0.132. The number of carbonyl (C=O) groups excluding carboxylic acids is 2. The molecular formula is C18H30N2O4. The van der Waals surface area contributed by atoms with Crippen molar-refractivity contribution in [2.45, 2.75) is 51.4 Å². The van der Waals surface area contributed by atoms with Gasteiger partial charge >= 0.3 is 0 Å². The number of amides is 2. The summed E-state index contributed by atoms with van der Waals surface area (Å²) in [6.45, 7) is 11.8. The Morgan fingerprint density at radius 1 is 1.08 bits per heavy atom. The summed E-state index contributed by atoms with van der Waals surface area (Å²) in [4.78, 5) is 24.1. The van der Waals surface area contributed by atoms with Crippen LogP contribution in [0.4, 0.5) is 0 Å². The minimum atomic E-state index is -0.509. The third-order valence-electron chi connectivity index (χ3n) is 4.19. The summed E-state index contributed by atoms with van der Waals surface area (Å²) in [6, 6.07) is 0.0666. The lowest BCUT2D eigenvalue weighted by Gasteiger charge is -2.23. The molecule has 24 heavy (non-hydrogen) atoms. The van der Waals surface area contributed by atoms with Crippen LogP contribution in [0.5, 0.6) is 0 Å². The van der Waals surface area contributed by atoms with Crippen LogP contribution in [0, 0.1) is 5.92 Å². The first-order valence-electron chi connectivity index (χ1n) is 8.52. The highest BCUT2D eigenvalue weighted by Crippen LogP contribution is 2.25. The zero-order chi connectivity index (χ0) is 17.9. The fourth-order valence-electron chi connectivity index (χ4n) is 2.72. The Morgan fingerprint density at radius 3 is 2.25 bits per heavy atom. The lowest BCUT2D eigenvalue weighted by Crippen LogP contribution is -2.46. The molecule has 0 aromatic rings. The van der Waals surface area contributed by atoms with Gasteiger partial charge in [0.15, 0.2) is 0 Å². The molecule has 0 aromatic carbocycles. The van der Waals surface area contributed by atoms with Gasteiger partial charge in [0.1, 0.15) is 12.2 Å². The molecule has 6 heteroatoms. The maximum atomic E-state index is 12.1. The molecule has 0 radical (unpaired) electrons. The molecule has 4 atom stereocenters. The second-order valence-electron chi connectivity index (χ2n) is 6.08. The van der Waals surface area contributed by atoms with Crippen molar-refractivity contribution in [3.8, 4) is 0 Å². The van der Waals surface area contributed by atoms with Gasteiger partial charge in [0.05, 0.1) is 13.2 Å². The third kappa shape index (κ3) is 6.84. The fraction of sp³-hybridized carbons (Fsp3) is 0.667. The molecule has 0 heterocycles. The summed E-state index contributed by atoms with van der Waals surface area (Å²) in [5.41, 5.74) is 0. The Hall–Kier alpha value is -1.66. The third-order valence-corrected chi connectivity index (χ3v) is 4.19. The van der Waals surface area contributed by atoms with Crippen LogP contribution < -0.4 is 10.6 Å². The van der Waals surface area contributed by atoms with Gasteiger partial charge in [0.2, 0.25) is 11.8 Å². The number of carbonyl (C=O) groups is 2. The first-order valence-corrected chi connectivity index (χ1v) is 8.52. The quantitative estimate of drug-likeness (QED) is 0.561. The van der Waals surface area contributed by atoms with Gasteiger partial charge in [-0.15, -0.1) is 13.2 Å². The number of ether oxygens (including phenoxy) is 2. The fourth-order valence-corrected chi connectivity index (χ4v) is 2.72. The Morgan fingerprint density at radius 2 is 1.67 bits per heavy atom. The lowest BCUT2D eigenvalue weighted by atomic mass is 10.0. The van der Waals surface area contributed by atoms with Crippen LogP contribution in [-0.2, 0) is 19.1 Å². The van der Waals surface area contributed by atoms with E-state index in [2.05, 4.69) is 23.8 Å². The zero-order valence-corrected chi connectivity index (χ0v) is 14.8. The first-order chi connectivity index (χ1) is 11.5. The second kappa shape index (κ2) is 11.0. The van der Waals surface area contributed by atoms with Crippen LogP contribution >= 0.6 is 0 Å². The van der Waals surface area contributed by atoms with E-state index in [-0.39, 0.29) is 23.8 Å². The molecule has 2 amide bonds. The molecule has 1 rings (SSSR count). The average molecular weight is 338 g/mol. The molecule has 1 aliphatic rings.